The molecule has 0 saturated carbocycles. The van der Waals surface area contributed by atoms with Crippen LogP contribution in [0.4, 0.5) is 4.79 Å². The van der Waals surface area contributed by atoms with Gasteiger partial charge in [-0.25, -0.2) is 4.79 Å². The molecular weight excluding hydrogens is 450 g/mol. The SMILES string of the molecule is CC(C)(C)OC(=O)NCCC(=O)NC1CCN(C(=O)/C=C/c2ccccc2Br)CC1. The first-order valence-corrected chi connectivity index (χ1v) is 10.9. The zero-order chi connectivity index (χ0) is 22.1. The number of piperidine rings is 1. The minimum Gasteiger partial charge on any atom is -0.444 e. The smallest absolute Gasteiger partial charge is 0.407 e. The van der Waals surface area contributed by atoms with Crippen LogP contribution in [-0.2, 0) is 14.3 Å². The Hall–Kier alpha value is -2.35. The Balaban J connectivity index is 1.67. The van der Waals surface area contributed by atoms with Gasteiger partial charge < -0.3 is 20.3 Å². The normalized spacial score (nSPS) is 15.1. The number of amides is 3. The van der Waals surface area contributed by atoms with Gasteiger partial charge in [0.1, 0.15) is 5.60 Å². The van der Waals surface area contributed by atoms with E-state index in [1.807, 2.05) is 24.3 Å². The first-order valence-electron chi connectivity index (χ1n) is 10.1. The highest BCUT2D eigenvalue weighted by Gasteiger charge is 2.23. The van der Waals surface area contributed by atoms with Gasteiger partial charge in [-0.05, 0) is 51.3 Å². The summed E-state index contributed by atoms with van der Waals surface area (Å²) in [6.07, 6.45) is 4.46. The van der Waals surface area contributed by atoms with E-state index < -0.39 is 11.7 Å². The van der Waals surface area contributed by atoms with E-state index in [4.69, 9.17) is 4.74 Å². The van der Waals surface area contributed by atoms with E-state index in [1.165, 1.54) is 0 Å². The molecule has 1 saturated heterocycles. The lowest BCUT2D eigenvalue weighted by atomic mass is 10.0. The molecule has 3 amide bonds. The van der Waals surface area contributed by atoms with E-state index in [0.717, 1.165) is 10.0 Å². The van der Waals surface area contributed by atoms with Gasteiger partial charge in [0.05, 0.1) is 0 Å². The Bertz CT molecular complexity index is 781. The lowest BCUT2D eigenvalue weighted by Gasteiger charge is -2.31. The minimum atomic E-state index is -0.565. The van der Waals surface area contributed by atoms with E-state index in [1.54, 1.807) is 37.8 Å². The molecule has 1 heterocycles. The molecule has 1 aliphatic rings. The Kier molecular flexibility index (Phi) is 8.89. The second-order valence-corrected chi connectivity index (χ2v) is 9.05. The van der Waals surface area contributed by atoms with Crippen molar-refractivity contribution in [3.05, 3.63) is 40.4 Å². The van der Waals surface area contributed by atoms with Gasteiger partial charge in [-0.3, -0.25) is 9.59 Å². The van der Waals surface area contributed by atoms with E-state index >= 15 is 0 Å². The van der Waals surface area contributed by atoms with Crippen LogP contribution in [0, 0.1) is 0 Å². The van der Waals surface area contributed by atoms with Gasteiger partial charge in [0.15, 0.2) is 0 Å². The predicted octanol–water partition coefficient (Wildman–Crippen LogP) is 3.48. The van der Waals surface area contributed by atoms with E-state index in [2.05, 4.69) is 26.6 Å². The highest BCUT2D eigenvalue weighted by Crippen LogP contribution is 2.18. The maximum absolute atomic E-state index is 12.4. The van der Waals surface area contributed by atoms with Crippen molar-refractivity contribution in [2.24, 2.45) is 0 Å². The number of rotatable bonds is 6. The standard InChI is InChI=1S/C22H30BrN3O4/c1-22(2,3)30-21(29)24-13-10-19(27)25-17-11-14-26(15-12-17)20(28)9-8-16-6-4-5-7-18(16)23/h4-9,17H,10-15H2,1-3H3,(H,24,29)(H,25,27)/b9-8+. The molecule has 2 N–H and O–H groups in total. The number of ether oxygens (including phenoxy) is 1. The van der Waals surface area contributed by atoms with Crippen LogP contribution in [0.15, 0.2) is 34.8 Å². The zero-order valence-electron chi connectivity index (χ0n) is 17.7. The van der Waals surface area contributed by atoms with Crippen LogP contribution in [0.5, 0.6) is 0 Å². The maximum Gasteiger partial charge on any atom is 0.407 e. The van der Waals surface area contributed by atoms with Crippen molar-refractivity contribution in [1.29, 1.82) is 0 Å². The molecule has 0 aromatic heterocycles. The maximum atomic E-state index is 12.4. The van der Waals surface area contributed by atoms with Crippen LogP contribution in [0.2, 0.25) is 0 Å². The zero-order valence-corrected chi connectivity index (χ0v) is 19.3. The Labute approximate surface area is 186 Å². The fourth-order valence-corrected chi connectivity index (χ4v) is 3.43. The number of carbonyl (C=O) groups excluding carboxylic acids is 3. The topological polar surface area (TPSA) is 87.7 Å². The third-order valence-corrected chi connectivity index (χ3v) is 5.22. The van der Waals surface area contributed by atoms with Crippen LogP contribution in [0.25, 0.3) is 6.08 Å². The Morgan fingerprint density at radius 1 is 1.20 bits per heavy atom. The summed E-state index contributed by atoms with van der Waals surface area (Å²) in [6, 6.07) is 7.76. The first-order chi connectivity index (χ1) is 14.1. The quantitative estimate of drug-likeness (QED) is 0.611. The summed E-state index contributed by atoms with van der Waals surface area (Å²) in [7, 11) is 0. The number of halogens is 1. The van der Waals surface area contributed by atoms with Gasteiger partial charge in [-0.15, -0.1) is 0 Å². The molecule has 1 aliphatic heterocycles. The van der Waals surface area contributed by atoms with Gasteiger partial charge >= 0.3 is 6.09 Å². The monoisotopic (exact) mass is 479 g/mol. The second kappa shape index (κ2) is 11.2. The van der Waals surface area contributed by atoms with Crippen molar-refractivity contribution in [3.8, 4) is 0 Å². The van der Waals surface area contributed by atoms with Gasteiger partial charge in [0.25, 0.3) is 0 Å². The fourth-order valence-electron chi connectivity index (χ4n) is 3.01. The molecule has 0 unspecified atom stereocenters. The molecule has 164 valence electrons. The van der Waals surface area contributed by atoms with E-state index in [0.29, 0.717) is 25.9 Å². The number of carbonyl (C=O) groups is 3. The molecule has 0 atom stereocenters. The molecule has 8 heteroatoms. The largest absolute Gasteiger partial charge is 0.444 e. The molecule has 1 aromatic rings. The molecule has 1 aromatic carbocycles. The summed E-state index contributed by atoms with van der Waals surface area (Å²) >= 11 is 3.47. The summed E-state index contributed by atoms with van der Waals surface area (Å²) in [5.74, 6) is -0.151. The van der Waals surface area contributed by atoms with Gasteiger partial charge in [0, 0.05) is 42.6 Å². The summed E-state index contributed by atoms with van der Waals surface area (Å²) in [4.78, 5) is 37.9. The van der Waals surface area contributed by atoms with Crippen LogP contribution in [0.3, 0.4) is 0 Å². The highest BCUT2D eigenvalue weighted by atomic mass is 79.9. The molecule has 1 fully saturated rings. The lowest BCUT2D eigenvalue weighted by molar-refractivity contribution is -0.127. The average molecular weight is 480 g/mol. The van der Waals surface area contributed by atoms with Gasteiger partial charge in [0.2, 0.25) is 11.8 Å². The van der Waals surface area contributed by atoms with Crippen molar-refractivity contribution in [3.63, 3.8) is 0 Å². The van der Waals surface area contributed by atoms with Crippen LogP contribution in [0.1, 0.15) is 45.6 Å². The number of alkyl carbamates (subject to hydrolysis) is 1. The summed E-state index contributed by atoms with van der Waals surface area (Å²) in [5.41, 5.74) is 0.387. The van der Waals surface area contributed by atoms with Gasteiger partial charge in [-0.1, -0.05) is 34.1 Å². The highest BCUT2D eigenvalue weighted by molar-refractivity contribution is 9.10. The fraction of sp³-hybridized carbons (Fsp3) is 0.500. The number of benzene rings is 1. The van der Waals surface area contributed by atoms with E-state index in [9.17, 15) is 14.4 Å². The summed E-state index contributed by atoms with van der Waals surface area (Å²) in [6.45, 7) is 6.77. The third kappa shape index (κ3) is 8.57. The molecule has 2 rings (SSSR count). The van der Waals surface area contributed by atoms with Crippen molar-refractivity contribution in [2.45, 2.75) is 51.7 Å². The van der Waals surface area contributed by atoms with Crippen LogP contribution < -0.4 is 10.6 Å². The number of likely N-dealkylation sites (tertiary alicyclic amines) is 1. The number of hydrogen-bond acceptors (Lipinski definition) is 4. The Morgan fingerprint density at radius 2 is 1.87 bits per heavy atom. The molecule has 0 bridgehead atoms. The van der Waals surface area contributed by atoms with Crippen LogP contribution >= 0.6 is 15.9 Å². The van der Waals surface area contributed by atoms with Crippen LogP contribution in [-0.4, -0.2) is 54.1 Å². The molecular formula is C22H30BrN3O4. The molecule has 30 heavy (non-hydrogen) atoms. The van der Waals surface area contributed by atoms with Crippen molar-refractivity contribution >= 4 is 39.9 Å². The number of nitrogens with zero attached hydrogens (tertiary/aromatic N) is 1. The Morgan fingerprint density at radius 3 is 2.50 bits per heavy atom. The average Bonchev–Trinajstić information content (AvgIpc) is 2.66. The number of hydrogen-bond donors (Lipinski definition) is 2. The van der Waals surface area contributed by atoms with Crippen molar-refractivity contribution < 1.29 is 19.1 Å². The predicted molar refractivity (Wildman–Crippen MR) is 120 cm³/mol. The minimum absolute atomic E-state index is 0.0305. The molecule has 0 radical (unpaired) electrons. The van der Waals surface area contributed by atoms with Gasteiger partial charge in [-0.2, -0.15) is 0 Å². The molecule has 7 nitrogen and oxygen atoms in total. The number of nitrogens with one attached hydrogen (secondary N) is 2. The third-order valence-electron chi connectivity index (χ3n) is 4.50. The lowest BCUT2D eigenvalue weighted by Crippen LogP contribution is -2.46. The summed E-state index contributed by atoms with van der Waals surface area (Å²) in [5, 5.41) is 5.55. The van der Waals surface area contributed by atoms with E-state index in [-0.39, 0.29) is 30.8 Å². The molecule has 0 spiro atoms. The van der Waals surface area contributed by atoms with Crippen molar-refractivity contribution in [2.75, 3.05) is 19.6 Å². The van der Waals surface area contributed by atoms with Crippen molar-refractivity contribution in [1.82, 2.24) is 15.5 Å². The summed E-state index contributed by atoms with van der Waals surface area (Å²) < 4.78 is 6.07. The second-order valence-electron chi connectivity index (χ2n) is 8.20. The molecule has 0 aliphatic carbocycles. The first kappa shape index (κ1) is 23.9.